The van der Waals surface area contributed by atoms with Gasteiger partial charge in [-0.1, -0.05) is 11.6 Å². The number of benzene rings is 1. The first kappa shape index (κ1) is 17.4. The van der Waals surface area contributed by atoms with E-state index in [9.17, 15) is 0 Å². The number of ether oxygens (including phenoxy) is 2. The zero-order valence-corrected chi connectivity index (χ0v) is 14.6. The van der Waals surface area contributed by atoms with E-state index < -0.39 is 0 Å². The van der Waals surface area contributed by atoms with Gasteiger partial charge in [0.2, 0.25) is 0 Å². The third kappa shape index (κ3) is 5.30. The number of halogens is 1. The van der Waals surface area contributed by atoms with Crippen molar-refractivity contribution in [2.24, 2.45) is 0 Å². The van der Waals surface area contributed by atoms with Crippen molar-refractivity contribution >= 4 is 34.6 Å². The van der Waals surface area contributed by atoms with Crippen molar-refractivity contribution < 1.29 is 9.47 Å². The Labute approximate surface area is 145 Å². The average molecular weight is 355 g/mol. The molecule has 0 saturated carbocycles. The zero-order valence-electron chi connectivity index (χ0n) is 13.0. The van der Waals surface area contributed by atoms with E-state index in [0.717, 1.165) is 25.2 Å². The van der Waals surface area contributed by atoms with Crippen LogP contribution in [-0.2, 0) is 6.54 Å². The highest BCUT2D eigenvalue weighted by Gasteiger charge is 2.05. The van der Waals surface area contributed by atoms with E-state index in [1.54, 1.807) is 31.3 Å². The van der Waals surface area contributed by atoms with Gasteiger partial charge in [-0.15, -0.1) is 0 Å². The highest BCUT2D eigenvalue weighted by molar-refractivity contribution is 7.80. The van der Waals surface area contributed by atoms with Crippen LogP contribution < -0.4 is 20.1 Å². The van der Waals surface area contributed by atoms with Gasteiger partial charge in [-0.25, -0.2) is 0 Å². The molecule has 8 heteroatoms. The molecule has 0 spiro atoms. The van der Waals surface area contributed by atoms with E-state index in [1.807, 2.05) is 18.2 Å². The first-order valence-corrected chi connectivity index (χ1v) is 7.86. The second-order valence-electron chi connectivity index (χ2n) is 4.73. The molecule has 0 radical (unpaired) electrons. The highest BCUT2D eigenvalue weighted by Crippen LogP contribution is 2.29. The van der Waals surface area contributed by atoms with Crippen LogP contribution in [0, 0.1) is 0 Å². The van der Waals surface area contributed by atoms with Crippen molar-refractivity contribution in [1.82, 2.24) is 15.1 Å². The van der Waals surface area contributed by atoms with Crippen LogP contribution in [0.25, 0.3) is 0 Å². The number of rotatable bonds is 7. The summed E-state index contributed by atoms with van der Waals surface area (Å²) in [5.74, 6) is 1.32. The molecule has 1 heterocycles. The number of hydrogen-bond acceptors (Lipinski definition) is 4. The molecule has 0 saturated heterocycles. The van der Waals surface area contributed by atoms with Crippen molar-refractivity contribution in [3.05, 3.63) is 35.6 Å². The lowest BCUT2D eigenvalue weighted by atomic mass is 10.3. The predicted molar refractivity (Wildman–Crippen MR) is 95.6 cm³/mol. The minimum Gasteiger partial charge on any atom is -0.493 e. The van der Waals surface area contributed by atoms with Gasteiger partial charge in [0.25, 0.3) is 0 Å². The van der Waals surface area contributed by atoms with E-state index in [-0.39, 0.29) is 0 Å². The largest absolute Gasteiger partial charge is 0.493 e. The molecule has 0 aliphatic rings. The maximum atomic E-state index is 5.81. The number of nitrogens with one attached hydrogen (secondary N) is 2. The SMILES string of the molecule is COc1ccc(NC(=S)NCCCn2cc(Cl)cn2)cc1OC. The summed E-state index contributed by atoms with van der Waals surface area (Å²) >= 11 is 11.1. The summed E-state index contributed by atoms with van der Waals surface area (Å²) in [7, 11) is 3.20. The van der Waals surface area contributed by atoms with E-state index in [0.29, 0.717) is 21.6 Å². The highest BCUT2D eigenvalue weighted by atomic mass is 35.5. The number of thiocarbonyl (C=S) groups is 1. The smallest absolute Gasteiger partial charge is 0.170 e. The Morgan fingerprint density at radius 1 is 1.30 bits per heavy atom. The van der Waals surface area contributed by atoms with Gasteiger partial charge in [0.15, 0.2) is 16.6 Å². The van der Waals surface area contributed by atoms with E-state index in [2.05, 4.69) is 15.7 Å². The average Bonchev–Trinajstić information content (AvgIpc) is 2.97. The van der Waals surface area contributed by atoms with E-state index in [4.69, 9.17) is 33.3 Å². The fraction of sp³-hybridized carbons (Fsp3) is 0.333. The number of methoxy groups -OCH3 is 2. The lowest BCUT2D eigenvalue weighted by molar-refractivity contribution is 0.355. The fourth-order valence-electron chi connectivity index (χ4n) is 1.99. The minimum atomic E-state index is 0.552. The van der Waals surface area contributed by atoms with Gasteiger partial charge >= 0.3 is 0 Å². The third-order valence-corrected chi connectivity index (χ3v) is 3.53. The van der Waals surface area contributed by atoms with Crippen molar-refractivity contribution in [2.45, 2.75) is 13.0 Å². The standard InChI is InChI=1S/C15H19ClN4O2S/c1-21-13-5-4-12(8-14(13)22-2)19-15(23)17-6-3-7-20-10-11(16)9-18-20/h4-5,8-10H,3,6-7H2,1-2H3,(H2,17,19,23). The minimum absolute atomic E-state index is 0.552. The quantitative estimate of drug-likeness (QED) is 0.589. The molecule has 2 aromatic rings. The van der Waals surface area contributed by atoms with Gasteiger partial charge in [-0.05, 0) is 30.8 Å². The summed E-state index contributed by atoms with van der Waals surface area (Å²) in [4.78, 5) is 0. The molecule has 0 fully saturated rings. The number of anilines is 1. The molecule has 1 aromatic heterocycles. The molecule has 124 valence electrons. The van der Waals surface area contributed by atoms with Crippen LogP contribution >= 0.6 is 23.8 Å². The Morgan fingerprint density at radius 3 is 2.74 bits per heavy atom. The molecule has 6 nitrogen and oxygen atoms in total. The molecule has 0 atom stereocenters. The van der Waals surface area contributed by atoms with Gasteiger partial charge in [-0.3, -0.25) is 4.68 Å². The first-order valence-electron chi connectivity index (χ1n) is 7.07. The summed E-state index contributed by atoms with van der Waals surface area (Å²) in [5, 5.41) is 11.6. The van der Waals surface area contributed by atoms with Gasteiger partial charge in [-0.2, -0.15) is 5.10 Å². The Bertz CT molecular complexity index is 663. The normalized spacial score (nSPS) is 10.2. The van der Waals surface area contributed by atoms with Crippen molar-refractivity contribution in [3.63, 3.8) is 0 Å². The number of nitrogens with zero attached hydrogens (tertiary/aromatic N) is 2. The number of hydrogen-bond donors (Lipinski definition) is 2. The van der Waals surface area contributed by atoms with E-state index >= 15 is 0 Å². The summed E-state index contributed by atoms with van der Waals surface area (Å²) in [6.45, 7) is 1.51. The summed E-state index contributed by atoms with van der Waals surface area (Å²) in [5.41, 5.74) is 0.832. The molecule has 0 aliphatic heterocycles. The summed E-state index contributed by atoms with van der Waals surface area (Å²) in [6.07, 6.45) is 4.30. The molecule has 0 amide bonds. The lowest BCUT2D eigenvalue weighted by Gasteiger charge is -2.13. The molecule has 23 heavy (non-hydrogen) atoms. The van der Waals surface area contributed by atoms with Crippen LogP contribution in [-0.4, -0.2) is 35.7 Å². The van der Waals surface area contributed by atoms with Crippen LogP contribution in [0.4, 0.5) is 5.69 Å². The van der Waals surface area contributed by atoms with Gasteiger partial charge in [0, 0.05) is 31.0 Å². The van der Waals surface area contributed by atoms with Crippen LogP contribution in [0.1, 0.15) is 6.42 Å². The Kier molecular flexibility index (Phi) is 6.49. The third-order valence-electron chi connectivity index (χ3n) is 3.09. The zero-order chi connectivity index (χ0) is 16.7. The topological polar surface area (TPSA) is 60.3 Å². The first-order chi connectivity index (χ1) is 11.1. The molecular weight excluding hydrogens is 336 g/mol. The van der Waals surface area contributed by atoms with Gasteiger partial charge in [0.05, 0.1) is 25.4 Å². The van der Waals surface area contributed by atoms with Crippen molar-refractivity contribution in [3.8, 4) is 11.5 Å². The fourth-order valence-corrected chi connectivity index (χ4v) is 2.37. The summed E-state index contributed by atoms with van der Waals surface area (Å²) in [6, 6.07) is 5.53. The molecule has 0 aliphatic carbocycles. The van der Waals surface area contributed by atoms with Gasteiger partial charge < -0.3 is 20.1 Å². The Balaban J connectivity index is 1.76. The Hall–Kier alpha value is -1.99. The molecule has 2 N–H and O–H groups in total. The van der Waals surface area contributed by atoms with Crippen molar-refractivity contribution in [1.29, 1.82) is 0 Å². The van der Waals surface area contributed by atoms with E-state index in [1.165, 1.54) is 0 Å². The second kappa shape index (κ2) is 8.59. The molecule has 0 bridgehead atoms. The summed E-state index contributed by atoms with van der Waals surface area (Å²) < 4.78 is 12.3. The van der Waals surface area contributed by atoms with Crippen LogP contribution in [0.15, 0.2) is 30.6 Å². The lowest BCUT2D eigenvalue weighted by Crippen LogP contribution is -2.29. The molecule has 2 rings (SSSR count). The number of aryl methyl sites for hydroxylation is 1. The van der Waals surface area contributed by atoms with Crippen LogP contribution in [0.3, 0.4) is 0 Å². The monoisotopic (exact) mass is 354 g/mol. The van der Waals surface area contributed by atoms with Crippen LogP contribution in [0.5, 0.6) is 11.5 Å². The molecule has 1 aromatic carbocycles. The molecule has 0 unspecified atom stereocenters. The second-order valence-corrected chi connectivity index (χ2v) is 5.57. The van der Waals surface area contributed by atoms with Crippen LogP contribution in [0.2, 0.25) is 5.02 Å². The number of aromatic nitrogens is 2. The maximum Gasteiger partial charge on any atom is 0.170 e. The van der Waals surface area contributed by atoms with Gasteiger partial charge in [0.1, 0.15) is 0 Å². The molecular formula is C15H19ClN4O2S. The Morgan fingerprint density at radius 2 is 2.09 bits per heavy atom. The predicted octanol–water partition coefficient (Wildman–Crippen LogP) is 2.93. The van der Waals surface area contributed by atoms with Crippen molar-refractivity contribution in [2.75, 3.05) is 26.1 Å². The maximum absolute atomic E-state index is 5.81.